The number of rotatable bonds is 6. The van der Waals surface area contributed by atoms with E-state index >= 15 is 0 Å². The molecule has 1 fully saturated rings. The van der Waals surface area contributed by atoms with E-state index in [1.165, 1.54) is 12.1 Å². The summed E-state index contributed by atoms with van der Waals surface area (Å²) in [5.41, 5.74) is -0.629. The molecule has 0 amide bonds. The summed E-state index contributed by atoms with van der Waals surface area (Å²) in [5, 5.41) is 21.0. The van der Waals surface area contributed by atoms with Gasteiger partial charge in [-0.2, -0.15) is 8.78 Å². The molecule has 1 saturated heterocycles. The van der Waals surface area contributed by atoms with Crippen LogP contribution in [0.2, 0.25) is 0 Å². The largest absolute Gasteiger partial charge is 0.434 e. The molecule has 1 aromatic rings. The standard InChI is InChI=1S/C16H22F2N2O4/c1-16(2,21)12-4-3-7-19(10-12)9-11-5-6-13(20(22)23)8-14(11)24-15(17)18/h5-6,8,12,15,21H,3-4,7,9-10H2,1-2H3/t12-/m0/s1. The van der Waals surface area contributed by atoms with E-state index in [0.717, 1.165) is 25.5 Å². The fourth-order valence-corrected chi connectivity index (χ4v) is 3.01. The number of halogens is 2. The molecule has 134 valence electrons. The van der Waals surface area contributed by atoms with Crippen LogP contribution in [-0.4, -0.2) is 40.2 Å². The van der Waals surface area contributed by atoms with Crippen molar-refractivity contribution in [2.75, 3.05) is 13.1 Å². The van der Waals surface area contributed by atoms with E-state index in [2.05, 4.69) is 4.74 Å². The van der Waals surface area contributed by atoms with Crippen LogP contribution in [0.5, 0.6) is 5.75 Å². The summed E-state index contributed by atoms with van der Waals surface area (Å²) >= 11 is 0. The Balaban J connectivity index is 2.17. The number of benzene rings is 1. The molecule has 6 nitrogen and oxygen atoms in total. The lowest BCUT2D eigenvalue weighted by atomic mass is 9.84. The van der Waals surface area contributed by atoms with Crippen LogP contribution < -0.4 is 4.74 Å². The molecule has 0 aromatic heterocycles. The summed E-state index contributed by atoms with van der Waals surface area (Å²) in [5.74, 6) is -0.0895. The maximum atomic E-state index is 12.6. The van der Waals surface area contributed by atoms with E-state index in [4.69, 9.17) is 0 Å². The first-order valence-corrected chi connectivity index (χ1v) is 7.83. The van der Waals surface area contributed by atoms with E-state index in [9.17, 15) is 24.0 Å². The molecule has 24 heavy (non-hydrogen) atoms. The van der Waals surface area contributed by atoms with Crippen molar-refractivity contribution in [2.24, 2.45) is 5.92 Å². The van der Waals surface area contributed by atoms with Gasteiger partial charge in [0.1, 0.15) is 5.75 Å². The summed E-state index contributed by atoms with van der Waals surface area (Å²) < 4.78 is 29.6. The molecule has 1 heterocycles. The maximum Gasteiger partial charge on any atom is 0.387 e. The lowest BCUT2D eigenvalue weighted by Gasteiger charge is -2.38. The molecule has 0 saturated carbocycles. The van der Waals surface area contributed by atoms with Gasteiger partial charge in [0, 0.05) is 24.7 Å². The van der Waals surface area contributed by atoms with Gasteiger partial charge in [-0.05, 0) is 45.2 Å². The second kappa shape index (κ2) is 7.40. The Bertz CT molecular complexity index is 590. The molecule has 1 aliphatic heterocycles. The molecule has 0 radical (unpaired) electrons. The van der Waals surface area contributed by atoms with Gasteiger partial charge in [0.2, 0.25) is 0 Å². The van der Waals surface area contributed by atoms with Gasteiger partial charge in [-0.15, -0.1) is 0 Å². The summed E-state index contributed by atoms with van der Waals surface area (Å²) in [6, 6.07) is 3.76. The van der Waals surface area contributed by atoms with Gasteiger partial charge in [-0.25, -0.2) is 0 Å². The Labute approximate surface area is 139 Å². The summed E-state index contributed by atoms with van der Waals surface area (Å²) in [4.78, 5) is 12.2. The number of hydrogen-bond acceptors (Lipinski definition) is 5. The van der Waals surface area contributed by atoms with Gasteiger partial charge in [-0.3, -0.25) is 15.0 Å². The van der Waals surface area contributed by atoms with Crippen molar-refractivity contribution in [3.8, 4) is 5.75 Å². The Morgan fingerprint density at radius 2 is 2.21 bits per heavy atom. The van der Waals surface area contributed by atoms with Crippen LogP contribution in [0.3, 0.4) is 0 Å². The first kappa shape index (κ1) is 18.5. The Kier molecular flexibility index (Phi) is 5.71. The fourth-order valence-electron chi connectivity index (χ4n) is 3.01. The summed E-state index contributed by atoms with van der Waals surface area (Å²) in [6.07, 6.45) is 1.80. The van der Waals surface area contributed by atoms with Gasteiger partial charge < -0.3 is 9.84 Å². The third-order valence-corrected chi connectivity index (χ3v) is 4.38. The number of alkyl halides is 2. The van der Waals surface area contributed by atoms with Crippen LogP contribution >= 0.6 is 0 Å². The average Bonchev–Trinajstić information content (AvgIpc) is 2.47. The van der Waals surface area contributed by atoms with Crippen LogP contribution in [0.4, 0.5) is 14.5 Å². The highest BCUT2D eigenvalue weighted by molar-refractivity contribution is 5.44. The molecular formula is C16H22F2N2O4. The van der Waals surface area contributed by atoms with Crippen molar-refractivity contribution in [1.29, 1.82) is 0 Å². The minimum Gasteiger partial charge on any atom is -0.434 e. The Hall–Kier alpha value is -1.80. The number of non-ortho nitro benzene ring substituents is 1. The van der Waals surface area contributed by atoms with Crippen LogP contribution in [0.25, 0.3) is 0 Å². The highest BCUT2D eigenvalue weighted by Gasteiger charge is 2.31. The molecule has 1 aromatic carbocycles. The van der Waals surface area contributed by atoms with Crippen LogP contribution in [-0.2, 0) is 6.54 Å². The third-order valence-electron chi connectivity index (χ3n) is 4.38. The lowest BCUT2D eigenvalue weighted by Crippen LogP contribution is -2.44. The molecule has 0 bridgehead atoms. The summed E-state index contributed by atoms with van der Waals surface area (Å²) in [7, 11) is 0. The highest BCUT2D eigenvalue weighted by Crippen LogP contribution is 2.31. The monoisotopic (exact) mass is 344 g/mol. The smallest absolute Gasteiger partial charge is 0.387 e. The number of nitro groups is 1. The van der Waals surface area contributed by atoms with Gasteiger partial charge in [-0.1, -0.05) is 0 Å². The second-order valence-electron chi connectivity index (χ2n) is 6.66. The first-order valence-electron chi connectivity index (χ1n) is 7.83. The van der Waals surface area contributed by atoms with Crippen LogP contribution in [0.15, 0.2) is 18.2 Å². The molecule has 2 rings (SSSR count). The van der Waals surface area contributed by atoms with E-state index in [-0.39, 0.29) is 17.4 Å². The van der Waals surface area contributed by atoms with Gasteiger partial charge in [0.05, 0.1) is 16.6 Å². The number of nitrogens with zero attached hydrogens (tertiary/aromatic N) is 2. The average molecular weight is 344 g/mol. The Morgan fingerprint density at radius 3 is 2.79 bits per heavy atom. The SMILES string of the molecule is CC(C)(O)[C@H]1CCCN(Cc2ccc([N+](=O)[O-])cc2OC(F)F)C1. The number of likely N-dealkylation sites (tertiary alicyclic amines) is 1. The molecule has 1 N–H and O–H groups in total. The van der Waals surface area contributed by atoms with E-state index < -0.39 is 17.1 Å². The number of ether oxygens (including phenoxy) is 1. The number of nitro benzene ring substituents is 1. The number of piperidine rings is 1. The zero-order chi connectivity index (χ0) is 17.9. The van der Waals surface area contributed by atoms with Crippen molar-refractivity contribution in [1.82, 2.24) is 4.90 Å². The zero-order valence-electron chi connectivity index (χ0n) is 13.7. The first-order chi connectivity index (χ1) is 11.2. The van der Waals surface area contributed by atoms with E-state index in [1.807, 2.05) is 4.90 Å². The van der Waals surface area contributed by atoms with Gasteiger partial charge in [0.25, 0.3) is 5.69 Å². The van der Waals surface area contributed by atoms with Crippen molar-refractivity contribution in [3.05, 3.63) is 33.9 Å². The normalized spacial score (nSPS) is 19.5. The van der Waals surface area contributed by atoms with Gasteiger partial charge in [0.15, 0.2) is 0 Å². The topological polar surface area (TPSA) is 75.8 Å². The van der Waals surface area contributed by atoms with Crippen molar-refractivity contribution >= 4 is 5.69 Å². The predicted molar refractivity (Wildman–Crippen MR) is 84.0 cm³/mol. The maximum absolute atomic E-state index is 12.6. The van der Waals surface area contributed by atoms with Crippen LogP contribution in [0, 0.1) is 16.0 Å². The molecule has 0 spiro atoms. The molecule has 0 aliphatic carbocycles. The van der Waals surface area contributed by atoms with Crippen molar-refractivity contribution in [3.63, 3.8) is 0 Å². The highest BCUT2D eigenvalue weighted by atomic mass is 19.3. The molecule has 1 atom stereocenters. The Morgan fingerprint density at radius 1 is 1.50 bits per heavy atom. The minimum atomic E-state index is -3.05. The molecule has 8 heteroatoms. The lowest BCUT2D eigenvalue weighted by molar-refractivity contribution is -0.385. The summed E-state index contributed by atoms with van der Waals surface area (Å²) in [6.45, 7) is 2.23. The van der Waals surface area contributed by atoms with E-state index in [0.29, 0.717) is 18.7 Å². The molecular weight excluding hydrogens is 322 g/mol. The van der Waals surface area contributed by atoms with Gasteiger partial charge >= 0.3 is 6.61 Å². The van der Waals surface area contributed by atoms with Crippen LogP contribution in [0.1, 0.15) is 32.3 Å². The van der Waals surface area contributed by atoms with Crippen molar-refractivity contribution < 1.29 is 23.5 Å². The molecule has 1 aliphatic rings. The van der Waals surface area contributed by atoms with Crippen molar-refractivity contribution in [2.45, 2.75) is 45.4 Å². The number of aliphatic hydroxyl groups is 1. The fraction of sp³-hybridized carbons (Fsp3) is 0.625. The molecule has 0 unspecified atom stereocenters. The quantitative estimate of drug-likeness (QED) is 0.634. The third kappa shape index (κ3) is 4.85. The number of hydrogen-bond donors (Lipinski definition) is 1. The predicted octanol–water partition coefficient (Wildman–Crippen LogP) is 3.18. The second-order valence-corrected chi connectivity index (χ2v) is 6.66. The minimum absolute atomic E-state index is 0.0868. The van der Waals surface area contributed by atoms with E-state index in [1.54, 1.807) is 13.8 Å². The zero-order valence-corrected chi connectivity index (χ0v) is 13.7.